The lowest BCUT2D eigenvalue weighted by molar-refractivity contribution is -0.147. The number of thioether (sulfide) groups is 1. The van der Waals surface area contributed by atoms with Crippen LogP contribution in [0.15, 0.2) is 23.1 Å². The second-order valence-corrected chi connectivity index (χ2v) is 5.59. The third-order valence-corrected chi connectivity index (χ3v) is 4.17. The normalized spacial score (nSPS) is 12.0. The first-order valence-electron chi connectivity index (χ1n) is 6.01. The van der Waals surface area contributed by atoms with Gasteiger partial charge < -0.3 is 10.0 Å². The molecule has 1 amide bonds. The van der Waals surface area contributed by atoms with Crippen LogP contribution in [0.1, 0.15) is 18.1 Å². The molecule has 0 aromatic heterocycles. The molecule has 1 aromatic rings. The Balaban J connectivity index is 2.64. The first-order chi connectivity index (χ1) is 8.82. The summed E-state index contributed by atoms with van der Waals surface area (Å²) in [4.78, 5) is 25.0. The van der Waals surface area contributed by atoms with E-state index in [1.165, 1.54) is 30.6 Å². The number of amides is 1. The highest BCUT2D eigenvalue weighted by Gasteiger charge is 2.21. The van der Waals surface area contributed by atoms with Gasteiger partial charge in [-0.1, -0.05) is 17.7 Å². The molecule has 0 spiro atoms. The number of carboxylic acids is 1. The molecule has 0 aliphatic rings. The number of carbonyl (C=O) groups excluding carboxylic acids is 1. The van der Waals surface area contributed by atoms with Gasteiger partial charge >= 0.3 is 5.97 Å². The van der Waals surface area contributed by atoms with E-state index >= 15 is 0 Å². The number of benzene rings is 1. The van der Waals surface area contributed by atoms with Crippen molar-refractivity contribution in [1.29, 1.82) is 0 Å². The topological polar surface area (TPSA) is 57.6 Å². The monoisotopic (exact) mass is 281 g/mol. The molecular formula is C14H19NO3S. The van der Waals surface area contributed by atoms with Crippen LogP contribution in [0.2, 0.25) is 0 Å². The van der Waals surface area contributed by atoms with Gasteiger partial charge in [-0.3, -0.25) is 4.79 Å². The van der Waals surface area contributed by atoms with Crippen LogP contribution in [0.3, 0.4) is 0 Å². The number of hydrogen-bond donors (Lipinski definition) is 1. The fourth-order valence-electron chi connectivity index (χ4n) is 1.49. The Morgan fingerprint density at radius 1 is 1.37 bits per heavy atom. The summed E-state index contributed by atoms with van der Waals surface area (Å²) in [5, 5.41) is 8.87. The highest BCUT2D eigenvalue weighted by molar-refractivity contribution is 8.00. The summed E-state index contributed by atoms with van der Waals surface area (Å²) in [6.07, 6.45) is 0. The van der Waals surface area contributed by atoms with Crippen LogP contribution in [0, 0.1) is 13.8 Å². The molecule has 0 bridgehead atoms. The van der Waals surface area contributed by atoms with E-state index in [-0.39, 0.29) is 11.7 Å². The number of rotatable bonds is 5. The van der Waals surface area contributed by atoms with E-state index in [1.807, 2.05) is 32.0 Å². The number of carbonyl (C=O) groups is 2. The molecule has 0 heterocycles. The molecule has 0 aliphatic carbocycles. The van der Waals surface area contributed by atoms with Crippen molar-refractivity contribution in [1.82, 2.24) is 4.90 Å². The van der Waals surface area contributed by atoms with Gasteiger partial charge in [0.25, 0.3) is 0 Å². The summed E-state index contributed by atoms with van der Waals surface area (Å²) < 4.78 is 0. The number of nitrogens with zero attached hydrogens (tertiary/aromatic N) is 1. The van der Waals surface area contributed by atoms with Gasteiger partial charge in [-0.2, -0.15) is 0 Å². The second-order valence-electron chi connectivity index (χ2n) is 4.58. The Morgan fingerprint density at radius 3 is 2.58 bits per heavy atom. The Labute approximate surface area is 117 Å². The first kappa shape index (κ1) is 15.6. The van der Waals surface area contributed by atoms with E-state index in [4.69, 9.17) is 5.11 Å². The van der Waals surface area contributed by atoms with Crippen molar-refractivity contribution in [3.63, 3.8) is 0 Å². The summed E-state index contributed by atoms with van der Waals surface area (Å²) in [5.41, 5.74) is 2.27. The fourth-order valence-corrected chi connectivity index (χ4v) is 2.53. The molecule has 0 saturated heterocycles. The van der Waals surface area contributed by atoms with E-state index in [0.717, 1.165) is 16.0 Å². The third-order valence-electron chi connectivity index (χ3n) is 3.03. The molecule has 1 rings (SSSR count). The summed E-state index contributed by atoms with van der Waals surface area (Å²) in [7, 11) is 1.52. The third kappa shape index (κ3) is 4.28. The van der Waals surface area contributed by atoms with Crippen molar-refractivity contribution in [2.75, 3.05) is 12.8 Å². The molecule has 104 valence electrons. The van der Waals surface area contributed by atoms with E-state index in [1.54, 1.807) is 0 Å². The summed E-state index contributed by atoms with van der Waals surface area (Å²) in [6, 6.07) is 5.28. The van der Waals surface area contributed by atoms with E-state index in [9.17, 15) is 9.59 Å². The molecule has 0 fully saturated rings. The highest BCUT2D eigenvalue weighted by Crippen LogP contribution is 2.23. The molecular weight excluding hydrogens is 262 g/mol. The Bertz CT molecular complexity index is 488. The van der Waals surface area contributed by atoms with Gasteiger partial charge in [0.05, 0.1) is 5.75 Å². The van der Waals surface area contributed by atoms with Crippen LogP contribution in [0.4, 0.5) is 0 Å². The number of carboxylic acid groups (broad SMARTS) is 1. The van der Waals surface area contributed by atoms with Gasteiger partial charge in [-0.15, -0.1) is 11.8 Å². The fraction of sp³-hybridized carbons (Fsp3) is 0.429. The van der Waals surface area contributed by atoms with Crippen molar-refractivity contribution in [2.24, 2.45) is 0 Å². The SMILES string of the molecule is Cc1ccc(C)c(SCC(=O)N(C)C(C)C(=O)O)c1. The maximum Gasteiger partial charge on any atom is 0.326 e. The lowest BCUT2D eigenvalue weighted by Gasteiger charge is -2.21. The predicted molar refractivity (Wildman–Crippen MR) is 76.5 cm³/mol. The van der Waals surface area contributed by atoms with E-state index < -0.39 is 12.0 Å². The largest absolute Gasteiger partial charge is 0.480 e. The van der Waals surface area contributed by atoms with Gasteiger partial charge in [0.15, 0.2) is 0 Å². The smallest absolute Gasteiger partial charge is 0.326 e. The van der Waals surface area contributed by atoms with Crippen LogP contribution >= 0.6 is 11.8 Å². The number of aliphatic carboxylic acids is 1. The van der Waals surface area contributed by atoms with Gasteiger partial charge in [-0.25, -0.2) is 4.79 Å². The zero-order valence-corrected chi connectivity index (χ0v) is 12.5. The van der Waals surface area contributed by atoms with Crippen LogP contribution in [-0.2, 0) is 9.59 Å². The van der Waals surface area contributed by atoms with E-state index in [2.05, 4.69) is 0 Å². The van der Waals surface area contributed by atoms with Crippen molar-refractivity contribution < 1.29 is 14.7 Å². The minimum atomic E-state index is -0.993. The lowest BCUT2D eigenvalue weighted by Crippen LogP contribution is -2.41. The lowest BCUT2D eigenvalue weighted by atomic mass is 10.2. The zero-order chi connectivity index (χ0) is 14.6. The zero-order valence-electron chi connectivity index (χ0n) is 11.6. The maximum absolute atomic E-state index is 11.9. The van der Waals surface area contributed by atoms with Crippen LogP contribution in [0.25, 0.3) is 0 Å². The minimum Gasteiger partial charge on any atom is -0.480 e. The number of hydrogen-bond acceptors (Lipinski definition) is 3. The van der Waals surface area contributed by atoms with Crippen molar-refractivity contribution in [2.45, 2.75) is 31.7 Å². The van der Waals surface area contributed by atoms with Crippen molar-refractivity contribution in [3.8, 4) is 0 Å². The maximum atomic E-state index is 11.9. The van der Waals surface area contributed by atoms with Crippen LogP contribution in [-0.4, -0.2) is 40.7 Å². The van der Waals surface area contributed by atoms with Crippen LogP contribution < -0.4 is 0 Å². The molecule has 1 unspecified atom stereocenters. The standard InChI is InChI=1S/C14H19NO3S/c1-9-5-6-10(2)12(7-9)19-8-13(16)15(4)11(3)14(17)18/h5-7,11H,8H2,1-4H3,(H,17,18). The molecule has 1 atom stereocenters. The Hall–Kier alpha value is -1.49. The van der Waals surface area contributed by atoms with Crippen molar-refractivity contribution >= 4 is 23.6 Å². The van der Waals surface area contributed by atoms with Gasteiger partial charge in [-0.05, 0) is 32.4 Å². The van der Waals surface area contributed by atoms with Gasteiger partial charge in [0.1, 0.15) is 6.04 Å². The number of aryl methyl sites for hydroxylation is 2. The molecule has 0 saturated carbocycles. The van der Waals surface area contributed by atoms with Crippen LogP contribution in [0.5, 0.6) is 0 Å². The Morgan fingerprint density at radius 2 is 2.00 bits per heavy atom. The summed E-state index contributed by atoms with van der Waals surface area (Å²) >= 11 is 1.44. The number of likely N-dealkylation sites (N-methyl/N-ethyl adjacent to an activating group) is 1. The quantitative estimate of drug-likeness (QED) is 0.842. The second kappa shape index (κ2) is 6.61. The van der Waals surface area contributed by atoms with Gasteiger partial charge in [0.2, 0.25) is 5.91 Å². The summed E-state index contributed by atoms with van der Waals surface area (Å²) in [5.74, 6) is -0.924. The van der Waals surface area contributed by atoms with E-state index in [0.29, 0.717) is 0 Å². The predicted octanol–water partition coefficient (Wildman–Crippen LogP) is 2.33. The first-order valence-corrected chi connectivity index (χ1v) is 7.00. The molecule has 1 N–H and O–H groups in total. The Kier molecular flexibility index (Phi) is 5.42. The molecule has 0 radical (unpaired) electrons. The highest BCUT2D eigenvalue weighted by atomic mass is 32.2. The molecule has 5 heteroatoms. The minimum absolute atomic E-state index is 0.180. The molecule has 4 nitrogen and oxygen atoms in total. The average Bonchev–Trinajstić information content (AvgIpc) is 2.37. The molecule has 0 aliphatic heterocycles. The molecule has 19 heavy (non-hydrogen) atoms. The average molecular weight is 281 g/mol. The van der Waals surface area contributed by atoms with Gasteiger partial charge in [0, 0.05) is 11.9 Å². The van der Waals surface area contributed by atoms with Crippen molar-refractivity contribution in [3.05, 3.63) is 29.3 Å². The summed E-state index contributed by atoms with van der Waals surface area (Å²) in [6.45, 7) is 5.50. The molecule has 1 aromatic carbocycles.